The van der Waals surface area contributed by atoms with E-state index in [2.05, 4.69) is 10.6 Å². The van der Waals surface area contributed by atoms with E-state index in [4.69, 9.17) is 22.1 Å². The third kappa shape index (κ3) is 4.84. The largest absolute Gasteiger partial charge is 0.364 e. The van der Waals surface area contributed by atoms with E-state index in [0.29, 0.717) is 29.4 Å². The number of halogens is 2. The molecular weight excluding hydrogens is 329 g/mol. The highest BCUT2D eigenvalue weighted by Crippen LogP contribution is 2.27. The van der Waals surface area contributed by atoms with E-state index >= 15 is 0 Å². The van der Waals surface area contributed by atoms with Crippen molar-refractivity contribution in [2.75, 3.05) is 17.2 Å². The fourth-order valence-corrected chi connectivity index (χ4v) is 2.35. The molecule has 0 radical (unpaired) electrons. The van der Waals surface area contributed by atoms with E-state index in [1.165, 1.54) is 6.92 Å². The molecular formula is C14H19Cl2N3O3. The number of rotatable bonds is 4. The fraction of sp³-hybridized carbons (Fsp3) is 0.429. The van der Waals surface area contributed by atoms with Gasteiger partial charge in [0.15, 0.2) is 0 Å². The predicted octanol–water partition coefficient (Wildman–Crippen LogP) is 2.16. The zero-order valence-corrected chi connectivity index (χ0v) is 13.7. The molecule has 2 amide bonds. The van der Waals surface area contributed by atoms with Gasteiger partial charge in [0.1, 0.15) is 6.10 Å². The van der Waals surface area contributed by atoms with Crippen LogP contribution < -0.4 is 16.4 Å². The first-order valence-corrected chi connectivity index (χ1v) is 7.11. The number of carbonyl (C=O) groups excluding carboxylic acids is 2. The van der Waals surface area contributed by atoms with Crippen LogP contribution in [-0.2, 0) is 14.3 Å². The summed E-state index contributed by atoms with van der Waals surface area (Å²) in [5.74, 6) is -0.452. The summed E-state index contributed by atoms with van der Waals surface area (Å²) < 4.78 is 5.53. The van der Waals surface area contributed by atoms with E-state index in [-0.39, 0.29) is 30.3 Å². The van der Waals surface area contributed by atoms with Crippen LogP contribution in [0, 0.1) is 0 Å². The van der Waals surface area contributed by atoms with Crippen LogP contribution in [-0.4, -0.2) is 30.6 Å². The van der Waals surface area contributed by atoms with E-state index in [9.17, 15) is 9.59 Å². The minimum absolute atomic E-state index is 0. The number of hydrogen-bond donors (Lipinski definition) is 3. The van der Waals surface area contributed by atoms with Crippen molar-refractivity contribution in [3.63, 3.8) is 0 Å². The van der Waals surface area contributed by atoms with Crippen molar-refractivity contribution in [3.8, 4) is 0 Å². The van der Waals surface area contributed by atoms with Crippen LogP contribution in [0.2, 0.25) is 5.02 Å². The van der Waals surface area contributed by atoms with Crippen molar-refractivity contribution in [1.82, 2.24) is 0 Å². The Hall–Kier alpha value is -1.34. The molecule has 1 aromatic rings. The zero-order valence-electron chi connectivity index (χ0n) is 12.1. The molecule has 8 heteroatoms. The second-order valence-corrected chi connectivity index (χ2v) is 5.33. The van der Waals surface area contributed by atoms with Gasteiger partial charge in [-0.05, 0) is 31.0 Å². The lowest BCUT2D eigenvalue weighted by Gasteiger charge is -2.14. The van der Waals surface area contributed by atoms with Gasteiger partial charge in [-0.3, -0.25) is 9.59 Å². The lowest BCUT2D eigenvalue weighted by Crippen LogP contribution is -2.29. The van der Waals surface area contributed by atoms with E-state index in [1.54, 1.807) is 18.2 Å². The predicted molar refractivity (Wildman–Crippen MR) is 88.6 cm³/mol. The Bertz CT molecular complexity index is 554. The highest BCUT2D eigenvalue weighted by molar-refractivity contribution is 6.34. The number of ether oxygens (including phenoxy) is 1. The third-order valence-corrected chi connectivity index (χ3v) is 3.54. The monoisotopic (exact) mass is 347 g/mol. The molecule has 2 atom stereocenters. The number of amides is 2. The molecule has 4 N–H and O–H groups in total. The topological polar surface area (TPSA) is 93.5 Å². The molecule has 122 valence electrons. The molecule has 0 aliphatic carbocycles. The number of benzene rings is 1. The highest BCUT2D eigenvalue weighted by Gasteiger charge is 2.30. The molecule has 0 saturated carbocycles. The minimum atomic E-state index is -0.515. The molecule has 22 heavy (non-hydrogen) atoms. The zero-order chi connectivity index (χ0) is 15.4. The van der Waals surface area contributed by atoms with Gasteiger partial charge in [0.2, 0.25) is 5.91 Å². The second-order valence-electron chi connectivity index (χ2n) is 4.92. The van der Waals surface area contributed by atoms with Gasteiger partial charge in [-0.1, -0.05) is 11.6 Å². The Morgan fingerprint density at radius 2 is 2.09 bits per heavy atom. The molecule has 0 spiro atoms. The number of nitrogens with one attached hydrogen (secondary N) is 2. The Kier molecular flexibility index (Phi) is 7.09. The highest BCUT2D eigenvalue weighted by atomic mass is 35.5. The Morgan fingerprint density at radius 3 is 2.68 bits per heavy atom. The number of nitrogens with two attached hydrogens (primary N) is 1. The van der Waals surface area contributed by atoms with Gasteiger partial charge in [-0.25, -0.2) is 0 Å². The van der Waals surface area contributed by atoms with E-state index < -0.39 is 6.10 Å². The molecule has 1 aliphatic heterocycles. The summed E-state index contributed by atoms with van der Waals surface area (Å²) in [7, 11) is 0. The first-order chi connectivity index (χ1) is 9.99. The quantitative estimate of drug-likeness (QED) is 0.777. The molecule has 1 saturated heterocycles. The fourth-order valence-electron chi connectivity index (χ4n) is 2.19. The SMILES string of the molecule is CC(=O)Nc1ccc(Cl)c(NC(=O)[C@@H]2CC[C@H](CN)O2)c1.Cl. The number of anilines is 2. The van der Waals surface area contributed by atoms with Crippen LogP contribution in [0.15, 0.2) is 18.2 Å². The summed E-state index contributed by atoms with van der Waals surface area (Å²) in [6.45, 7) is 1.81. The summed E-state index contributed by atoms with van der Waals surface area (Å²) in [6.07, 6.45) is 0.825. The van der Waals surface area contributed by atoms with Crippen molar-refractivity contribution in [2.24, 2.45) is 5.73 Å². The minimum Gasteiger partial charge on any atom is -0.364 e. The van der Waals surface area contributed by atoms with Gasteiger partial charge in [0.25, 0.3) is 5.91 Å². The van der Waals surface area contributed by atoms with Crippen LogP contribution in [0.5, 0.6) is 0 Å². The van der Waals surface area contributed by atoms with Crippen LogP contribution in [0.3, 0.4) is 0 Å². The van der Waals surface area contributed by atoms with Crippen molar-refractivity contribution in [3.05, 3.63) is 23.2 Å². The average Bonchev–Trinajstić information content (AvgIpc) is 2.91. The van der Waals surface area contributed by atoms with Gasteiger partial charge in [0, 0.05) is 19.2 Å². The maximum atomic E-state index is 12.1. The molecule has 1 heterocycles. The van der Waals surface area contributed by atoms with Gasteiger partial charge in [-0.2, -0.15) is 0 Å². The summed E-state index contributed by atoms with van der Waals surface area (Å²) in [5.41, 5.74) is 6.52. The smallest absolute Gasteiger partial charge is 0.253 e. The van der Waals surface area contributed by atoms with E-state index in [0.717, 1.165) is 6.42 Å². The van der Waals surface area contributed by atoms with Gasteiger partial charge < -0.3 is 21.1 Å². The van der Waals surface area contributed by atoms with E-state index in [1.807, 2.05) is 0 Å². The van der Waals surface area contributed by atoms with Crippen LogP contribution in [0.25, 0.3) is 0 Å². The number of hydrogen-bond acceptors (Lipinski definition) is 4. The normalized spacial score (nSPS) is 20.1. The van der Waals surface area contributed by atoms with Gasteiger partial charge >= 0.3 is 0 Å². The molecule has 0 aromatic heterocycles. The average molecular weight is 348 g/mol. The van der Waals surface area contributed by atoms with Gasteiger partial charge in [0.05, 0.1) is 16.8 Å². The number of carbonyl (C=O) groups is 2. The summed E-state index contributed by atoms with van der Waals surface area (Å²) in [6, 6.07) is 4.88. The van der Waals surface area contributed by atoms with Gasteiger partial charge in [-0.15, -0.1) is 12.4 Å². The third-order valence-electron chi connectivity index (χ3n) is 3.21. The molecule has 6 nitrogen and oxygen atoms in total. The first-order valence-electron chi connectivity index (χ1n) is 6.73. The Morgan fingerprint density at radius 1 is 1.36 bits per heavy atom. The second kappa shape index (κ2) is 8.33. The maximum absolute atomic E-state index is 12.1. The standard InChI is InChI=1S/C14H18ClN3O3.ClH/c1-8(19)17-9-2-4-11(15)12(6-9)18-14(20)13-5-3-10(7-16)21-13;/h2,4,6,10,13H,3,5,7,16H2,1H3,(H,17,19)(H,18,20);1H/t10-,13+;/m1./s1. The van der Waals surface area contributed by atoms with Crippen LogP contribution in [0.1, 0.15) is 19.8 Å². The Labute approximate surface area is 140 Å². The van der Waals surface area contributed by atoms with Crippen molar-refractivity contribution in [1.29, 1.82) is 0 Å². The molecule has 0 unspecified atom stereocenters. The Balaban J connectivity index is 0.00000242. The summed E-state index contributed by atoms with van der Waals surface area (Å²) in [4.78, 5) is 23.2. The lowest BCUT2D eigenvalue weighted by molar-refractivity contribution is -0.126. The molecule has 1 aliphatic rings. The lowest BCUT2D eigenvalue weighted by atomic mass is 10.2. The maximum Gasteiger partial charge on any atom is 0.253 e. The molecule has 0 bridgehead atoms. The molecule has 1 aromatic carbocycles. The van der Waals surface area contributed by atoms with Crippen molar-refractivity contribution < 1.29 is 14.3 Å². The van der Waals surface area contributed by atoms with Crippen LogP contribution in [0.4, 0.5) is 11.4 Å². The van der Waals surface area contributed by atoms with Crippen LogP contribution >= 0.6 is 24.0 Å². The molecule has 1 fully saturated rings. The van der Waals surface area contributed by atoms with Crippen molar-refractivity contribution in [2.45, 2.75) is 32.0 Å². The summed E-state index contributed by atoms with van der Waals surface area (Å²) >= 11 is 6.05. The summed E-state index contributed by atoms with van der Waals surface area (Å²) in [5, 5.41) is 5.75. The molecule has 2 rings (SSSR count). The van der Waals surface area contributed by atoms with Crippen molar-refractivity contribution >= 4 is 47.2 Å². The first kappa shape index (κ1) is 18.7.